The molecule has 0 aliphatic heterocycles. The average molecular weight is 231 g/mol. The fourth-order valence-corrected chi connectivity index (χ4v) is 1.58. The van der Waals surface area contributed by atoms with Gasteiger partial charge in [-0.1, -0.05) is 30.3 Å². The van der Waals surface area contributed by atoms with Crippen LogP contribution >= 0.6 is 0 Å². The van der Waals surface area contributed by atoms with E-state index in [1.807, 2.05) is 30.3 Å². The van der Waals surface area contributed by atoms with Crippen LogP contribution < -0.4 is 0 Å². The SMILES string of the molecule is Cc1nc(-c2ccccc2)nn1C(C)C(=O)O. The first kappa shape index (κ1) is 11.3. The molecule has 0 amide bonds. The van der Waals surface area contributed by atoms with Crippen LogP contribution in [0.3, 0.4) is 0 Å². The van der Waals surface area contributed by atoms with Crippen LogP contribution in [0.25, 0.3) is 11.4 Å². The summed E-state index contributed by atoms with van der Waals surface area (Å²) in [6.45, 7) is 3.33. The summed E-state index contributed by atoms with van der Waals surface area (Å²) in [5.41, 5.74) is 0.881. The third-order valence-corrected chi connectivity index (χ3v) is 2.56. The molecule has 0 aliphatic carbocycles. The molecule has 0 radical (unpaired) electrons. The van der Waals surface area contributed by atoms with Crippen LogP contribution in [0, 0.1) is 6.92 Å². The molecule has 1 heterocycles. The van der Waals surface area contributed by atoms with Crippen molar-refractivity contribution in [1.82, 2.24) is 14.8 Å². The van der Waals surface area contributed by atoms with Crippen LogP contribution in [0.2, 0.25) is 0 Å². The smallest absolute Gasteiger partial charge is 0.328 e. The van der Waals surface area contributed by atoms with E-state index in [0.29, 0.717) is 11.6 Å². The summed E-state index contributed by atoms with van der Waals surface area (Å²) in [5, 5.41) is 13.2. The van der Waals surface area contributed by atoms with Crippen molar-refractivity contribution in [2.75, 3.05) is 0 Å². The number of rotatable bonds is 3. The number of aromatic nitrogens is 3. The third kappa shape index (κ3) is 2.18. The highest BCUT2D eigenvalue weighted by Crippen LogP contribution is 2.17. The van der Waals surface area contributed by atoms with Gasteiger partial charge in [-0.3, -0.25) is 0 Å². The molecule has 1 unspecified atom stereocenters. The van der Waals surface area contributed by atoms with Gasteiger partial charge in [0.05, 0.1) is 0 Å². The molecule has 88 valence electrons. The second-order valence-corrected chi connectivity index (χ2v) is 3.81. The molecule has 0 aliphatic rings. The number of carbonyl (C=O) groups is 1. The van der Waals surface area contributed by atoms with Crippen LogP contribution in [0.1, 0.15) is 18.8 Å². The fourth-order valence-electron chi connectivity index (χ4n) is 1.58. The van der Waals surface area contributed by atoms with E-state index in [-0.39, 0.29) is 0 Å². The van der Waals surface area contributed by atoms with E-state index in [2.05, 4.69) is 10.1 Å². The molecule has 0 fully saturated rings. The Morgan fingerprint density at radius 1 is 1.35 bits per heavy atom. The minimum Gasteiger partial charge on any atom is -0.480 e. The molecule has 2 rings (SSSR count). The summed E-state index contributed by atoms with van der Waals surface area (Å²) >= 11 is 0. The Bertz CT molecular complexity index is 534. The Morgan fingerprint density at radius 2 is 2.00 bits per heavy atom. The number of aryl methyl sites for hydroxylation is 1. The molecule has 0 saturated carbocycles. The van der Waals surface area contributed by atoms with Crippen molar-refractivity contribution in [2.24, 2.45) is 0 Å². The van der Waals surface area contributed by atoms with Gasteiger partial charge in [0.1, 0.15) is 11.9 Å². The lowest BCUT2D eigenvalue weighted by molar-refractivity contribution is -0.140. The van der Waals surface area contributed by atoms with Crippen LogP contribution in [-0.2, 0) is 4.79 Å². The molecule has 1 N–H and O–H groups in total. The second kappa shape index (κ2) is 4.37. The number of hydrogen-bond acceptors (Lipinski definition) is 3. The number of carboxylic acids is 1. The van der Waals surface area contributed by atoms with Crippen molar-refractivity contribution in [1.29, 1.82) is 0 Å². The quantitative estimate of drug-likeness (QED) is 0.876. The summed E-state index contributed by atoms with van der Waals surface area (Å²) in [4.78, 5) is 15.2. The van der Waals surface area contributed by atoms with Crippen molar-refractivity contribution in [3.05, 3.63) is 36.2 Å². The van der Waals surface area contributed by atoms with Crippen molar-refractivity contribution < 1.29 is 9.90 Å². The minimum absolute atomic E-state index is 0.552. The van der Waals surface area contributed by atoms with Crippen LogP contribution in [0.5, 0.6) is 0 Å². The molecule has 2 aromatic rings. The molecule has 1 aromatic carbocycles. The molecule has 0 saturated heterocycles. The molecule has 0 bridgehead atoms. The maximum Gasteiger partial charge on any atom is 0.328 e. The lowest BCUT2D eigenvalue weighted by Gasteiger charge is -2.06. The van der Waals surface area contributed by atoms with E-state index in [4.69, 9.17) is 5.11 Å². The maximum atomic E-state index is 10.9. The van der Waals surface area contributed by atoms with E-state index < -0.39 is 12.0 Å². The lowest BCUT2D eigenvalue weighted by atomic mass is 10.2. The number of hydrogen-bond donors (Lipinski definition) is 1. The van der Waals surface area contributed by atoms with E-state index in [0.717, 1.165) is 5.56 Å². The standard InChI is InChI=1S/C12H13N3O2/c1-8(12(16)17)15-9(2)13-11(14-15)10-6-4-3-5-7-10/h3-8H,1-2H3,(H,16,17). The first-order valence-electron chi connectivity index (χ1n) is 5.31. The molecular weight excluding hydrogens is 218 g/mol. The van der Waals surface area contributed by atoms with Crippen molar-refractivity contribution in [3.8, 4) is 11.4 Å². The predicted molar refractivity (Wildman–Crippen MR) is 62.5 cm³/mol. The van der Waals surface area contributed by atoms with Crippen molar-refractivity contribution in [2.45, 2.75) is 19.9 Å². The fraction of sp³-hybridized carbons (Fsp3) is 0.250. The zero-order valence-electron chi connectivity index (χ0n) is 9.66. The number of carboxylic acid groups (broad SMARTS) is 1. The maximum absolute atomic E-state index is 10.9. The average Bonchev–Trinajstić information content (AvgIpc) is 2.71. The molecule has 1 atom stereocenters. The van der Waals surface area contributed by atoms with Gasteiger partial charge in [-0.2, -0.15) is 0 Å². The Balaban J connectivity index is 2.41. The molecule has 1 aromatic heterocycles. The zero-order chi connectivity index (χ0) is 12.4. The van der Waals surface area contributed by atoms with Crippen molar-refractivity contribution in [3.63, 3.8) is 0 Å². The van der Waals surface area contributed by atoms with Crippen LogP contribution in [-0.4, -0.2) is 25.8 Å². The largest absolute Gasteiger partial charge is 0.480 e. The number of aliphatic carboxylic acids is 1. The number of benzene rings is 1. The number of nitrogens with zero attached hydrogens (tertiary/aromatic N) is 3. The van der Waals surface area contributed by atoms with Gasteiger partial charge in [0.25, 0.3) is 0 Å². The van der Waals surface area contributed by atoms with Crippen LogP contribution in [0.15, 0.2) is 30.3 Å². The van der Waals surface area contributed by atoms with E-state index in [1.165, 1.54) is 4.68 Å². The molecule has 5 nitrogen and oxygen atoms in total. The highest BCUT2D eigenvalue weighted by atomic mass is 16.4. The van der Waals surface area contributed by atoms with Crippen LogP contribution in [0.4, 0.5) is 0 Å². The zero-order valence-corrected chi connectivity index (χ0v) is 9.66. The first-order chi connectivity index (χ1) is 8.09. The van der Waals surface area contributed by atoms with Gasteiger partial charge >= 0.3 is 5.97 Å². The van der Waals surface area contributed by atoms with Gasteiger partial charge < -0.3 is 5.11 Å². The minimum atomic E-state index is -0.919. The van der Waals surface area contributed by atoms with Gasteiger partial charge in [-0.05, 0) is 13.8 Å². The highest BCUT2D eigenvalue weighted by Gasteiger charge is 2.18. The molecule has 17 heavy (non-hydrogen) atoms. The van der Waals surface area contributed by atoms with Gasteiger partial charge in [0.2, 0.25) is 0 Å². The molecule has 5 heteroatoms. The van der Waals surface area contributed by atoms with E-state index in [9.17, 15) is 4.79 Å². The van der Waals surface area contributed by atoms with Gasteiger partial charge in [0, 0.05) is 5.56 Å². The normalized spacial score (nSPS) is 12.4. The first-order valence-corrected chi connectivity index (χ1v) is 5.31. The highest BCUT2D eigenvalue weighted by molar-refractivity contribution is 5.71. The summed E-state index contributed by atoms with van der Waals surface area (Å²) in [6, 6.07) is 8.78. The summed E-state index contributed by atoms with van der Waals surface area (Å²) in [5.74, 6) is 0.229. The van der Waals surface area contributed by atoms with E-state index >= 15 is 0 Å². The Kier molecular flexibility index (Phi) is 2.91. The second-order valence-electron chi connectivity index (χ2n) is 3.81. The summed E-state index contributed by atoms with van der Waals surface area (Å²) in [6.07, 6.45) is 0. The monoisotopic (exact) mass is 231 g/mol. The molecule has 0 spiro atoms. The predicted octanol–water partition coefficient (Wildman–Crippen LogP) is 1.90. The Morgan fingerprint density at radius 3 is 2.59 bits per heavy atom. The lowest BCUT2D eigenvalue weighted by Crippen LogP contribution is -2.18. The van der Waals surface area contributed by atoms with Gasteiger partial charge in [-0.25, -0.2) is 14.5 Å². The summed E-state index contributed by atoms with van der Waals surface area (Å²) < 4.78 is 1.42. The van der Waals surface area contributed by atoms with E-state index in [1.54, 1.807) is 13.8 Å². The topological polar surface area (TPSA) is 68.0 Å². The van der Waals surface area contributed by atoms with Gasteiger partial charge in [-0.15, -0.1) is 5.10 Å². The Hall–Kier alpha value is -2.17. The third-order valence-electron chi connectivity index (χ3n) is 2.56. The Labute approximate surface area is 98.7 Å². The summed E-state index contributed by atoms with van der Waals surface area (Å²) in [7, 11) is 0. The van der Waals surface area contributed by atoms with Crippen molar-refractivity contribution >= 4 is 5.97 Å². The van der Waals surface area contributed by atoms with Gasteiger partial charge in [0.15, 0.2) is 5.82 Å². The molecular formula is C12H13N3O2.